The molecule has 1 unspecified atom stereocenters. The molecule has 19 heavy (non-hydrogen) atoms. The van der Waals surface area contributed by atoms with Gasteiger partial charge in [-0.2, -0.15) is 0 Å². The maximum Gasteiger partial charge on any atom is 0.131 e. The lowest BCUT2D eigenvalue weighted by atomic mass is 10.0. The molecule has 0 spiro atoms. The molecule has 100 valence electrons. The van der Waals surface area contributed by atoms with E-state index in [2.05, 4.69) is 0 Å². The first kappa shape index (κ1) is 14.1. The quantitative estimate of drug-likeness (QED) is 0.729. The Hall–Kier alpha value is -1.32. The second-order valence-electron chi connectivity index (χ2n) is 3.89. The Morgan fingerprint density at radius 1 is 1.11 bits per heavy atom. The molecular weight excluding hydrogens is 293 g/mol. The van der Waals surface area contributed by atoms with E-state index in [4.69, 9.17) is 27.9 Å². The van der Waals surface area contributed by atoms with Crippen LogP contribution in [-0.4, -0.2) is 7.11 Å². The van der Waals surface area contributed by atoms with Crippen LogP contribution >= 0.6 is 23.2 Å². The molecule has 0 saturated heterocycles. The second-order valence-corrected chi connectivity index (χ2v) is 4.73. The van der Waals surface area contributed by atoms with Gasteiger partial charge in [-0.15, -0.1) is 11.6 Å². The summed E-state index contributed by atoms with van der Waals surface area (Å²) in [4.78, 5) is 0. The van der Waals surface area contributed by atoms with Gasteiger partial charge >= 0.3 is 0 Å². The van der Waals surface area contributed by atoms with Crippen LogP contribution < -0.4 is 4.74 Å². The minimum absolute atomic E-state index is 0.212. The summed E-state index contributed by atoms with van der Waals surface area (Å²) in [5.74, 6) is -0.856. The van der Waals surface area contributed by atoms with Gasteiger partial charge in [0.1, 0.15) is 17.4 Å². The summed E-state index contributed by atoms with van der Waals surface area (Å²) in [7, 11) is 1.50. The third-order valence-corrected chi connectivity index (χ3v) is 3.51. The molecule has 0 saturated carbocycles. The van der Waals surface area contributed by atoms with Gasteiger partial charge in [-0.3, -0.25) is 0 Å². The van der Waals surface area contributed by atoms with E-state index >= 15 is 0 Å². The largest absolute Gasteiger partial charge is 0.497 e. The fourth-order valence-corrected chi connectivity index (χ4v) is 2.48. The summed E-state index contributed by atoms with van der Waals surface area (Å²) in [6.07, 6.45) is 0. The van der Waals surface area contributed by atoms with Gasteiger partial charge in [0.05, 0.1) is 12.5 Å². The topological polar surface area (TPSA) is 9.23 Å². The van der Waals surface area contributed by atoms with Gasteiger partial charge in [-0.05, 0) is 29.8 Å². The molecule has 0 fully saturated rings. The second kappa shape index (κ2) is 5.76. The van der Waals surface area contributed by atoms with E-state index in [0.717, 1.165) is 12.1 Å². The van der Waals surface area contributed by atoms with Crippen molar-refractivity contribution in [3.05, 3.63) is 64.2 Å². The highest BCUT2D eigenvalue weighted by Crippen LogP contribution is 2.37. The molecule has 0 amide bonds. The highest BCUT2D eigenvalue weighted by molar-refractivity contribution is 6.33. The van der Waals surface area contributed by atoms with E-state index in [-0.39, 0.29) is 5.56 Å². The van der Waals surface area contributed by atoms with Gasteiger partial charge in [0.2, 0.25) is 0 Å². The molecule has 1 nitrogen and oxygen atoms in total. The Morgan fingerprint density at radius 2 is 1.74 bits per heavy atom. The molecule has 0 aliphatic rings. The van der Waals surface area contributed by atoms with Gasteiger partial charge < -0.3 is 4.74 Å². The monoisotopic (exact) mass is 302 g/mol. The number of rotatable bonds is 3. The number of methoxy groups -OCH3 is 1. The highest BCUT2D eigenvalue weighted by atomic mass is 35.5. The van der Waals surface area contributed by atoms with E-state index in [0.29, 0.717) is 16.3 Å². The van der Waals surface area contributed by atoms with Crippen molar-refractivity contribution in [2.24, 2.45) is 0 Å². The summed E-state index contributed by atoms with van der Waals surface area (Å²) in [5, 5.41) is -0.707. The molecule has 2 aromatic rings. The molecule has 0 bridgehead atoms. The first-order valence-corrected chi connectivity index (χ1v) is 6.27. The number of alkyl halides is 1. The van der Waals surface area contributed by atoms with Crippen LogP contribution in [0.2, 0.25) is 5.02 Å². The molecule has 0 aliphatic carbocycles. The van der Waals surface area contributed by atoms with Crippen molar-refractivity contribution in [1.82, 2.24) is 0 Å². The predicted octanol–water partition coefficient (Wildman–Crippen LogP) is 4.96. The van der Waals surface area contributed by atoms with Gasteiger partial charge in [-0.1, -0.05) is 23.7 Å². The Balaban J connectivity index is 2.47. The van der Waals surface area contributed by atoms with Gasteiger partial charge in [-0.25, -0.2) is 8.78 Å². The summed E-state index contributed by atoms with van der Waals surface area (Å²) < 4.78 is 32.4. The molecule has 0 aliphatic heterocycles. The van der Waals surface area contributed by atoms with E-state index < -0.39 is 17.0 Å². The number of halogens is 4. The Bertz CT molecular complexity index is 582. The first-order valence-electron chi connectivity index (χ1n) is 5.46. The van der Waals surface area contributed by atoms with Crippen molar-refractivity contribution in [1.29, 1.82) is 0 Å². The standard InChI is InChI=1S/C14H10Cl2F2O/c1-19-8-5-6-9(10(15)7-8)14(16)13-11(17)3-2-4-12(13)18/h2-7,14H,1H3. The SMILES string of the molecule is COc1ccc(C(Cl)c2c(F)cccc2F)c(Cl)c1. The smallest absolute Gasteiger partial charge is 0.131 e. The minimum Gasteiger partial charge on any atom is -0.497 e. The highest BCUT2D eigenvalue weighted by Gasteiger charge is 2.21. The summed E-state index contributed by atoms with van der Waals surface area (Å²) in [6.45, 7) is 0. The molecule has 1 atom stereocenters. The zero-order valence-electron chi connectivity index (χ0n) is 9.96. The molecule has 0 heterocycles. The van der Waals surface area contributed by atoms with E-state index in [1.54, 1.807) is 18.2 Å². The zero-order chi connectivity index (χ0) is 14.0. The van der Waals surface area contributed by atoms with E-state index in [1.165, 1.54) is 13.2 Å². The Labute approximate surface area is 119 Å². The molecule has 5 heteroatoms. The molecule has 0 radical (unpaired) electrons. The number of benzene rings is 2. The molecule has 2 aromatic carbocycles. The number of hydrogen-bond donors (Lipinski definition) is 0. The molecule has 2 rings (SSSR count). The van der Waals surface area contributed by atoms with Crippen molar-refractivity contribution in [3.63, 3.8) is 0 Å². The van der Waals surface area contributed by atoms with Crippen LogP contribution in [0.15, 0.2) is 36.4 Å². The summed E-state index contributed by atoms with van der Waals surface area (Å²) in [5.41, 5.74) is 0.212. The molecule has 0 N–H and O–H groups in total. The maximum atomic E-state index is 13.7. The van der Waals surface area contributed by atoms with Crippen LogP contribution in [0.1, 0.15) is 16.5 Å². The van der Waals surface area contributed by atoms with Crippen molar-refractivity contribution in [2.45, 2.75) is 5.38 Å². The van der Waals surface area contributed by atoms with Crippen LogP contribution in [0, 0.1) is 11.6 Å². The van der Waals surface area contributed by atoms with E-state index in [9.17, 15) is 8.78 Å². The lowest BCUT2D eigenvalue weighted by Gasteiger charge is -2.14. The fraction of sp³-hybridized carbons (Fsp3) is 0.143. The lowest BCUT2D eigenvalue weighted by molar-refractivity contribution is 0.414. The van der Waals surface area contributed by atoms with Crippen molar-refractivity contribution in [3.8, 4) is 5.75 Å². The van der Waals surface area contributed by atoms with Crippen molar-refractivity contribution in [2.75, 3.05) is 7.11 Å². The maximum absolute atomic E-state index is 13.7. The summed E-state index contributed by atoms with van der Waals surface area (Å²) >= 11 is 12.2. The van der Waals surface area contributed by atoms with Gasteiger partial charge in [0.25, 0.3) is 0 Å². The van der Waals surface area contributed by atoms with Crippen molar-refractivity contribution < 1.29 is 13.5 Å². The van der Waals surface area contributed by atoms with Crippen molar-refractivity contribution >= 4 is 23.2 Å². The van der Waals surface area contributed by atoms with Gasteiger partial charge in [0.15, 0.2) is 0 Å². The predicted molar refractivity (Wildman–Crippen MR) is 72.1 cm³/mol. The average Bonchev–Trinajstić information content (AvgIpc) is 2.38. The average molecular weight is 303 g/mol. The van der Waals surface area contributed by atoms with Crippen LogP contribution in [0.25, 0.3) is 0 Å². The zero-order valence-corrected chi connectivity index (χ0v) is 11.5. The Morgan fingerprint density at radius 3 is 2.26 bits per heavy atom. The van der Waals surface area contributed by atoms with Crippen LogP contribution in [0.4, 0.5) is 8.78 Å². The lowest BCUT2D eigenvalue weighted by Crippen LogP contribution is -2.01. The fourth-order valence-electron chi connectivity index (χ4n) is 1.75. The number of hydrogen-bond acceptors (Lipinski definition) is 1. The number of ether oxygens (including phenoxy) is 1. The van der Waals surface area contributed by atoms with Crippen LogP contribution in [0.5, 0.6) is 5.75 Å². The minimum atomic E-state index is -1.00. The van der Waals surface area contributed by atoms with Crippen LogP contribution in [-0.2, 0) is 0 Å². The normalized spacial score (nSPS) is 12.3. The molecular formula is C14H10Cl2F2O. The first-order chi connectivity index (χ1) is 9.04. The third kappa shape index (κ3) is 2.82. The van der Waals surface area contributed by atoms with Gasteiger partial charge in [0, 0.05) is 10.6 Å². The summed E-state index contributed by atoms with van der Waals surface area (Å²) in [6, 6.07) is 8.37. The Kier molecular flexibility index (Phi) is 4.27. The van der Waals surface area contributed by atoms with E-state index in [1.807, 2.05) is 0 Å². The molecule has 0 aromatic heterocycles. The van der Waals surface area contributed by atoms with Crippen LogP contribution in [0.3, 0.4) is 0 Å². The third-order valence-electron chi connectivity index (χ3n) is 2.73.